The quantitative estimate of drug-likeness (QED) is 0.841. The number of hydrogen-bond acceptors (Lipinski definition) is 3. The van der Waals surface area contributed by atoms with E-state index in [0.29, 0.717) is 30.9 Å². The molecule has 1 aromatic carbocycles. The van der Waals surface area contributed by atoms with Crippen molar-refractivity contribution in [2.75, 3.05) is 13.1 Å². The van der Waals surface area contributed by atoms with Crippen molar-refractivity contribution in [3.8, 4) is 11.3 Å². The van der Waals surface area contributed by atoms with Gasteiger partial charge in [-0.05, 0) is 30.5 Å². The largest absolute Gasteiger partial charge is 0.481 e. The third kappa shape index (κ3) is 3.36. The van der Waals surface area contributed by atoms with Gasteiger partial charge in [0.05, 0.1) is 11.6 Å². The summed E-state index contributed by atoms with van der Waals surface area (Å²) < 4.78 is 0.980. The maximum absolute atomic E-state index is 12.6. The van der Waals surface area contributed by atoms with Crippen LogP contribution in [0.3, 0.4) is 0 Å². The van der Waals surface area contributed by atoms with E-state index >= 15 is 0 Å². The van der Waals surface area contributed by atoms with Gasteiger partial charge in [-0.25, -0.2) is 0 Å². The Balaban J connectivity index is 1.72. The molecule has 2 unspecified atom stereocenters. The molecule has 126 valence electrons. The number of H-pyrrole nitrogens is 1. The lowest BCUT2D eigenvalue weighted by Crippen LogP contribution is -2.45. The molecular formula is C17H18BrN3O3. The molecule has 1 aliphatic heterocycles. The van der Waals surface area contributed by atoms with Gasteiger partial charge in [0.2, 0.25) is 0 Å². The van der Waals surface area contributed by atoms with E-state index in [4.69, 9.17) is 0 Å². The number of carboxylic acid groups (broad SMARTS) is 1. The molecule has 0 radical (unpaired) electrons. The first kappa shape index (κ1) is 16.7. The molecule has 0 bridgehead atoms. The summed E-state index contributed by atoms with van der Waals surface area (Å²) in [4.78, 5) is 25.5. The Morgan fingerprint density at radius 2 is 2.04 bits per heavy atom. The molecule has 3 rings (SSSR count). The van der Waals surface area contributed by atoms with Gasteiger partial charge in [0.15, 0.2) is 0 Å². The van der Waals surface area contributed by atoms with Gasteiger partial charge in [0.1, 0.15) is 5.69 Å². The van der Waals surface area contributed by atoms with Crippen LogP contribution in [-0.2, 0) is 4.79 Å². The van der Waals surface area contributed by atoms with Crippen LogP contribution in [-0.4, -0.2) is 45.2 Å². The fourth-order valence-corrected chi connectivity index (χ4v) is 3.33. The number of rotatable bonds is 3. The number of aromatic amines is 1. The van der Waals surface area contributed by atoms with E-state index in [1.165, 1.54) is 0 Å². The normalized spacial score (nSPS) is 20.8. The molecule has 24 heavy (non-hydrogen) atoms. The fraction of sp³-hybridized carbons (Fsp3) is 0.353. The first-order valence-corrected chi connectivity index (χ1v) is 8.58. The van der Waals surface area contributed by atoms with Crippen LogP contribution in [0.15, 0.2) is 34.8 Å². The van der Waals surface area contributed by atoms with Crippen LogP contribution >= 0.6 is 15.9 Å². The molecule has 1 amide bonds. The second-order valence-corrected chi connectivity index (χ2v) is 7.05. The molecule has 1 aromatic heterocycles. The molecule has 1 saturated heterocycles. The van der Waals surface area contributed by atoms with Gasteiger partial charge in [-0.15, -0.1) is 0 Å². The first-order valence-electron chi connectivity index (χ1n) is 7.79. The molecule has 2 N–H and O–H groups in total. The van der Waals surface area contributed by atoms with Crippen molar-refractivity contribution in [3.63, 3.8) is 0 Å². The number of halogens is 1. The third-order valence-electron chi connectivity index (χ3n) is 4.46. The van der Waals surface area contributed by atoms with Crippen molar-refractivity contribution in [1.82, 2.24) is 15.1 Å². The smallest absolute Gasteiger partial charge is 0.306 e. The number of likely N-dealkylation sites (tertiary alicyclic amines) is 1. The van der Waals surface area contributed by atoms with E-state index < -0.39 is 5.97 Å². The Kier molecular flexibility index (Phi) is 4.71. The molecule has 7 heteroatoms. The number of benzene rings is 1. The number of aromatic nitrogens is 2. The van der Waals surface area contributed by atoms with Gasteiger partial charge in [-0.2, -0.15) is 5.10 Å². The van der Waals surface area contributed by atoms with E-state index in [0.717, 1.165) is 10.0 Å². The molecule has 1 fully saturated rings. The topological polar surface area (TPSA) is 86.3 Å². The lowest BCUT2D eigenvalue weighted by Gasteiger charge is -2.34. The van der Waals surface area contributed by atoms with Gasteiger partial charge in [-0.1, -0.05) is 35.0 Å². The van der Waals surface area contributed by atoms with E-state index in [1.54, 1.807) is 11.0 Å². The number of carboxylic acids is 1. The fourth-order valence-electron chi connectivity index (χ4n) is 3.07. The maximum atomic E-state index is 12.6. The molecule has 0 aliphatic carbocycles. The van der Waals surface area contributed by atoms with Crippen LogP contribution in [0.2, 0.25) is 0 Å². The minimum atomic E-state index is -0.784. The number of piperidine rings is 1. The van der Waals surface area contributed by atoms with Gasteiger partial charge >= 0.3 is 5.97 Å². The Bertz CT molecular complexity index is 757. The summed E-state index contributed by atoms with van der Waals surface area (Å²) in [6.07, 6.45) is 0.482. The second-order valence-electron chi connectivity index (χ2n) is 6.14. The van der Waals surface area contributed by atoms with E-state index in [-0.39, 0.29) is 17.7 Å². The number of carbonyl (C=O) groups excluding carboxylic acids is 1. The summed E-state index contributed by atoms with van der Waals surface area (Å²) in [6, 6.07) is 9.43. The highest BCUT2D eigenvalue weighted by Crippen LogP contribution is 2.25. The molecular weight excluding hydrogens is 374 g/mol. The Labute approximate surface area is 148 Å². The summed E-state index contributed by atoms with van der Waals surface area (Å²) in [5.74, 6) is -1.36. The minimum Gasteiger partial charge on any atom is -0.481 e. The summed E-state index contributed by atoms with van der Waals surface area (Å²) >= 11 is 3.39. The number of nitrogens with zero attached hydrogens (tertiary/aromatic N) is 2. The number of amides is 1. The Morgan fingerprint density at radius 3 is 2.67 bits per heavy atom. The van der Waals surface area contributed by atoms with Crippen LogP contribution in [0.1, 0.15) is 23.8 Å². The molecule has 2 aromatic rings. The monoisotopic (exact) mass is 391 g/mol. The van der Waals surface area contributed by atoms with Gasteiger partial charge in [-0.3, -0.25) is 14.7 Å². The Hall–Kier alpha value is -2.15. The van der Waals surface area contributed by atoms with Crippen molar-refractivity contribution in [2.24, 2.45) is 11.8 Å². The van der Waals surface area contributed by atoms with Crippen LogP contribution in [0, 0.1) is 11.8 Å². The lowest BCUT2D eigenvalue weighted by atomic mass is 9.87. The SMILES string of the molecule is CC1CN(C(=O)c2cc(-c3ccc(Br)cc3)n[nH]2)CCC1C(=O)O. The standard InChI is InChI=1S/C17H18BrN3O3/c1-10-9-21(7-6-13(10)17(23)24)16(22)15-8-14(19-20-15)11-2-4-12(18)5-3-11/h2-5,8,10,13H,6-7,9H2,1H3,(H,19,20)(H,23,24). The van der Waals surface area contributed by atoms with Crippen molar-refractivity contribution in [1.29, 1.82) is 0 Å². The van der Waals surface area contributed by atoms with Crippen molar-refractivity contribution in [3.05, 3.63) is 40.5 Å². The number of nitrogens with one attached hydrogen (secondary N) is 1. The minimum absolute atomic E-state index is 0.0611. The number of carbonyl (C=O) groups is 2. The van der Waals surface area contributed by atoms with Crippen LogP contribution in [0.25, 0.3) is 11.3 Å². The second kappa shape index (κ2) is 6.76. The summed E-state index contributed by atoms with van der Waals surface area (Å²) in [6.45, 7) is 2.77. The van der Waals surface area contributed by atoms with Crippen LogP contribution in [0.5, 0.6) is 0 Å². The van der Waals surface area contributed by atoms with E-state index in [1.807, 2.05) is 31.2 Å². The van der Waals surface area contributed by atoms with Crippen LogP contribution < -0.4 is 0 Å². The third-order valence-corrected chi connectivity index (χ3v) is 4.99. The van der Waals surface area contributed by atoms with E-state index in [9.17, 15) is 14.7 Å². The molecule has 0 saturated carbocycles. The lowest BCUT2D eigenvalue weighted by molar-refractivity contribution is -0.145. The first-order chi connectivity index (χ1) is 11.5. The predicted octanol–water partition coefficient (Wildman–Crippen LogP) is 3.02. The van der Waals surface area contributed by atoms with Crippen molar-refractivity contribution < 1.29 is 14.7 Å². The van der Waals surface area contributed by atoms with E-state index in [2.05, 4.69) is 26.1 Å². The maximum Gasteiger partial charge on any atom is 0.306 e. The van der Waals surface area contributed by atoms with Crippen molar-refractivity contribution >= 4 is 27.8 Å². The summed E-state index contributed by atoms with van der Waals surface area (Å²) in [5, 5.41) is 16.2. The zero-order valence-electron chi connectivity index (χ0n) is 13.2. The average molecular weight is 392 g/mol. The molecule has 2 atom stereocenters. The zero-order chi connectivity index (χ0) is 17.3. The van der Waals surface area contributed by atoms with Crippen molar-refractivity contribution in [2.45, 2.75) is 13.3 Å². The number of aliphatic carboxylic acids is 1. The zero-order valence-corrected chi connectivity index (χ0v) is 14.8. The highest BCUT2D eigenvalue weighted by atomic mass is 79.9. The predicted molar refractivity (Wildman–Crippen MR) is 92.5 cm³/mol. The Morgan fingerprint density at radius 1 is 1.33 bits per heavy atom. The van der Waals surface area contributed by atoms with Gasteiger partial charge < -0.3 is 10.0 Å². The van der Waals surface area contributed by atoms with Crippen LogP contribution in [0.4, 0.5) is 0 Å². The van der Waals surface area contributed by atoms with Gasteiger partial charge in [0, 0.05) is 23.1 Å². The summed E-state index contributed by atoms with van der Waals surface area (Å²) in [5.41, 5.74) is 2.06. The average Bonchev–Trinajstić information content (AvgIpc) is 3.04. The highest BCUT2D eigenvalue weighted by Gasteiger charge is 2.33. The molecule has 1 aliphatic rings. The number of hydrogen-bond donors (Lipinski definition) is 2. The van der Waals surface area contributed by atoms with Gasteiger partial charge in [0.25, 0.3) is 5.91 Å². The summed E-state index contributed by atoms with van der Waals surface area (Å²) in [7, 11) is 0. The molecule has 6 nitrogen and oxygen atoms in total. The molecule has 2 heterocycles. The molecule has 0 spiro atoms. The highest BCUT2D eigenvalue weighted by molar-refractivity contribution is 9.10.